The minimum absolute atomic E-state index is 0.424. The Labute approximate surface area is 139 Å². The maximum Gasteiger partial charge on any atom is 0.171 e. The highest BCUT2D eigenvalue weighted by atomic mass is 19.1. The molecule has 0 bridgehead atoms. The van der Waals surface area contributed by atoms with E-state index in [4.69, 9.17) is 4.74 Å². The van der Waals surface area contributed by atoms with Crippen molar-refractivity contribution in [1.82, 2.24) is 4.90 Å². The quantitative estimate of drug-likeness (QED) is 0.622. The first-order valence-corrected chi connectivity index (χ1v) is 8.21. The van der Waals surface area contributed by atoms with Crippen molar-refractivity contribution in [2.75, 3.05) is 32.8 Å². The Bertz CT molecular complexity index is 629. The Kier molecular flexibility index (Phi) is 5.36. The smallest absolute Gasteiger partial charge is 0.171 e. The van der Waals surface area contributed by atoms with Crippen molar-refractivity contribution < 1.29 is 22.7 Å². The first-order valence-electron chi connectivity index (χ1n) is 8.21. The van der Waals surface area contributed by atoms with Gasteiger partial charge in [-0.3, -0.25) is 9.69 Å². The number of carbonyl (C=O) groups is 1. The number of ether oxygens (including phenoxy) is 1. The molecule has 0 aliphatic carbocycles. The summed E-state index contributed by atoms with van der Waals surface area (Å²) in [5.74, 6) is -4.25. The van der Waals surface area contributed by atoms with Crippen LogP contribution >= 0.6 is 0 Å². The first-order chi connectivity index (χ1) is 11.5. The molecule has 2 heterocycles. The van der Waals surface area contributed by atoms with Crippen LogP contribution in [0.4, 0.5) is 13.2 Å². The van der Waals surface area contributed by atoms with Crippen molar-refractivity contribution in [2.45, 2.75) is 19.3 Å². The predicted octanol–water partition coefficient (Wildman–Crippen LogP) is 3.35. The largest absolute Gasteiger partial charge is 0.377 e. The Balaban J connectivity index is 1.60. The molecule has 24 heavy (non-hydrogen) atoms. The molecule has 1 saturated heterocycles. The lowest BCUT2D eigenvalue weighted by molar-refractivity contribution is 0.0829. The van der Waals surface area contributed by atoms with Gasteiger partial charge >= 0.3 is 0 Å². The van der Waals surface area contributed by atoms with Gasteiger partial charge in [0.25, 0.3) is 0 Å². The highest BCUT2D eigenvalue weighted by Crippen LogP contribution is 2.26. The summed E-state index contributed by atoms with van der Waals surface area (Å²) < 4.78 is 45.9. The average molecular weight is 339 g/mol. The molecule has 3 rings (SSSR count). The Morgan fingerprint density at radius 2 is 1.83 bits per heavy atom. The second-order valence-electron chi connectivity index (χ2n) is 6.36. The fourth-order valence-electron chi connectivity index (χ4n) is 3.34. The number of hydrogen-bond acceptors (Lipinski definition) is 3. The number of Topliss-reactive ketones (excluding diaryl/α,β-unsaturated/α-hetero) is 1. The SMILES string of the molecule is O=C(c1c(F)cc(F)cc1F)C1CCN(CC2=CCCOC2)CC1. The molecule has 1 fully saturated rings. The highest BCUT2D eigenvalue weighted by Gasteiger charge is 2.30. The van der Waals surface area contributed by atoms with Gasteiger partial charge in [-0.25, -0.2) is 13.2 Å². The number of piperidine rings is 1. The molecule has 6 heteroatoms. The standard InChI is InChI=1S/C18H20F3NO2/c19-14-8-15(20)17(16(21)9-14)18(23)13-3-5-22(6-4-13)10-12-2-1-7-24-11-12/h2,8-9,13H,1,3-7,10-11H2. The fourth-order valence-corrected chi connectivity index (χ4v) is 3.34. The summed E-state index contributed by atoms with van der Waals surface area (Å²) in [6, 6.07) is 1.11. The zero-order valence-corrected chi connectivity index (χ0v) is 13.4. The van der Waals surface area contributed by atoms with Crippen LogP contribution in [0.25, 0.3) is 0 Å². The van der Waals surface area contributed by atoms with Gasteiger partial charge in [-0.05, 0) is 37.9 Å². The number of ketones is 1. The summed E-state index contributed by atoms with van der Waals surface area (Å²) >= 11 is 0. The molecule has 1 aromatic carbocycles. The molecule has 130 valence electrons. The Hall–Kier alpha value is -1.66. The van der Waals surface area contributed by atoms with Crippen LogP contribution in [0, 0.1) is 23.4 Å². The van der Waals surface area contributed by atoms with Crippen LogP contribution in [0.2, 0.25) is 0 Å². The van der Waals surface area contributed by atoms with Gasteiger partial charge in [0.15, 0.2) is 5.78 Å². The number of halogens is 3. The summed E-state index contributed by atoms with van der Waals surface area (Å²) in [7, 11) is 0. The van der Waals surface area contributed by atoms with Crippen molar-refractivity contribution in [3.8, 4) is 0 Å². The van der Waals surface area contributed by atoms with E-state index < -0.39 is 34.7 Å². The van der Waals surface area contributed by atoms with Crippen LogP contribution in [0.5, 0.6) is 0 Å². The molecular weight excluding hydrogens is 319 g/mol. The van der Waals surface area contributed by atoms with Crippen molar-refractivity contribution >= 4 is 5.78 Å². The normalized spacial score (nSPS) is 20.0. The van der Waals surface area contributed by atoms with Crippen molar-refractivity contribution in [3.63, 3.8) is 0 Å². The van der Waals surface area contributed by atoms with E-state index in [0.29, 0.717) is 44.7 Å². The van der Waals surface area contributed by atoms with Crippen LogP contribution in [-0.2, 0) is 4.74 Å². The molecule has 2 aliphatic heterocycles. The Morgan fingerprint density at radius 3 is 2.42 bits per heavy atom. The van der Waals surface area contributed by atoms with Gasteiger partial charge in [-0.1, -0.05) is 6.08 Å². The van der Waals surface area contributed by atoms with Crippen LogP contribution in [-0.4, -0.2) is 43.5 Å². The van der Waals surface area contributed by atoms with Crippen molar-refractivity contribution in [3.05, 3.63) is 46.8 Å². The zero-order chi connectivity index (χ0) is 17.1. The molecule has 0 N–H and O–H groups in total. The van der Waals surface area contributed by atoms with E-state index in [9.17, 15) is 18.0 Å². The molecule has 3 nitrogen and oxygen atoms in total. The number of hydrogen-bond donors (Lipinski definition) is 0. The summed E-state index contributed by atoms with van der Waals surface area (Å²) in [4.78, 5) is 14.6. The molecule has 0 amide bonds. The maximum absolute atomic E-state index is 13.8. The van der Waals surface area contributed by atoms with Gasteiger partial charge in [0, 0.05) is 24.6 Å². The second kappa shape index (κ2) is 7.49. The van der Waals surface area contributed by atoms with Crippen LogP contribution in [0.1, 0.15) is 29.6 Å². The topological polar surface area (TPSA) is 29.5 Å². The molecular formula is C18H20F3NO2. The molecule has 0 saturated carbocycles. The van der Waals surface area contributed by atoms with E-state index in [2.05, 4.69) is 11.0 Å². The number of benzene rings is 1. The molecule has 1 aromatic rings. The lowest BCUT2D eigenvalue weighted by Gasteiger charge is -2.32. The van der Waals surface area contributed by atoms with Crippen molar-refractivity contribution in [2.24, 2.45) is 5.92 Å². The van der Waals surface area contributed by atoms with Gasteiger partial charge in [0.2, 0.25) is 0 Å². The Morgan fingerprint density at radius 1 is 1.17 bits per heavy atom. The van der Waals surface area contributed by atoms with E-state index in [1.165, 1.54) is 5.57 Å². The van der Waals surface area contributed by atoms with Crippen LogP contribution in [0.3, 0.4) is 0 Å². The third-order valence-electron chi connectivity index (χ3n) is 4.62. The molecule has 2 aliphatic rings. The third kappa shape index (κ3) is 3.87. The lowest BCUT2D eigenvalue weighted by Crippen LogP contribution is -2.38. The van der Waals surface area contributed by atoms with Crippen LogP contribution in [0.15, 0.2) is 23.8 Å². The van der Waals surface area contributed by atoms with Gasteiger partial charge in [-0.2, -0.15) is 0 Å². The number of nitrogens with zero attached hydrogens (tertiary/aromatic N) is 1. The average Bonchev–Trinajstić information content (AvgIpc) is 2.55. The summed E-state index contributed by atoms with van der Waals surface area (Å²) in [6.45, 7) is 3.59. The number of rotatable bonds is 4. The summed E-state index contributed by atoms with van der Waals surface area (Å²) in [5.41, 5.74) is 0.625. The second-order valence-corrected chi connectivity index (χ2v) is 6.36. The summed E-state index contributed by atoms with van der Waals surface area (Å²) in [6.07, 6.45) is 4.20. The molecule has 0 radical (unpaired) electrons. The third-order valence-corrected chi connectivity index (χ3v) is 4.62. The van der Waals surface area contributed by atoms with E-state index in [1.807, 2.05) is 0 Å². The van der Waals surface area contributed by atoms with E-state index in [-0.39, 0.29) is 0 Å². The molecule has 0 aromatic heterocycles. The van der Waals surface area contributed by atoms with E-state index >= 15 is 0 Å². The van der Waals surface area contributed by atoms with Gasteiger partial charge in [-0.15, -0.1) is 0 Å². The molecule has 0 atom stereocenters. The van der Waals surface area contributed by atoms with Crippen molar-refractivity contribution in [1.29, 1.82) is 0 Å². The number of carbonyl (C=O) groups excluding carboxylic acids is 1. The maximum atomic E-state index is 13.8. The minimum atomic E-state index is -1.12. The lowest BCUT2D eigenvalue weighted by atomic mass is 9.88. The first kappa shape index (κ1) is 17.2. The van der Waals surface area contributed by atoms with Gasteiger partial charge in [0.1, 0.15) is 17.5 Å². The number of likely N-dealkylation sites (tertiary alicyclic amines) is 1. The highest BCUT2D eigenvalue weighted by molar-refractivity contribution is 5.98. The zero-order valence-electron chi connectivity index (χ0n) is 13.4. The molecule has 0 spiro atoms. The fraction of sp³-hybridized carbons (Fsp3) is 0.500. The van der Waals surface area contributed by atoms with E-state index in [1.54, 1.807) is 0 Å². The van der Waals surface area contributed by atoms with Gasteiger partial charge in [0.05, 0.1) is 18.8 Å². The monoisotopic (exact) mass is 339 g/mol. The van der Waals surface area contributed by atoms with Crippen LogP contribution < -0.4 is 0 Å². The van der Waals surface area contributed by atoms with Gasteiger partial charge < -0.3 is 4.74 Å². The predicted molar refractivity (Wildman–Crippen MR) is 83.3 cm³/mol. The molecule has 0 unspecified atom stereocenters. The van der Waals surface area contributed by atoms with E-state index in [0.717, 1.165) is 19.6 Å². The minimum Gasteiger partial charge on any atom is -0.377 e. The summed E-state index contributed by atoms with van der Waals surface area (Å²) in [5, 5.41) is 0.